The van der Waals surface area contributed by atoms with Crippen molar-refractivity contribution in [2.45, 2.75) is 51.7 Å². The topological polar surface area (TPSA) is 89.3 Å². The number of aromatic nitrogens is 1. The van der Waals surface area contributed by atoms with Crippen molar-refractivity contribution in [1.29, 1.82) is 0 Å². The van der Waals surface area contributed by atoms with Gasteiger partial charge in [0.15, 0.2) is 0 Å². The Labute approximate surface area is 213 Å². The fraction of sp³-hybridized carbons (Fsp3) is 0.448. The number of piperazine rings is 1. The molecule has 1 aliphatic carbocycles. The van der Waals surface area contributed by atoms with Gasteiger partial charge in [-0.15, -0.1) is 0 Å². The summed E-state index contributed by atoms with van der Waals surface area (Å²) in [5, 5.41) is 10.5. The van der Waals surface area contributed by atoms with Gasteiger partial charge in [-0.25, -0.2) is 0 Å². The molecule has 2 aliphatic rings. The zero-order valence-electron chi connectivity index (χ0n) is 21.1. The van der Waals surface area contributed by atoms with Crippen LogP contribution in [0.5, 0.6) is 0 Å². The van der Waals surface area contributed by atoms with Crippen molar-refractivity contribution in [3.63, 3.8) is 0 Å². The molecule has 7 heteroatoms. The second kappa shape index (κ2) is 11.3. The third kappa shape index (κ3) is 6.15. The lowest BCUT2D eigenvalue weighted by Crippen LogP contribution is -2.46. The van der Waals surface area contributed by atoms with E-state index in [1.165, 1.54) is 18.4 Å². The first-order valence-corrected chi connectivity index (χ1v) is 13.2. The number of nitrogens with zero attached hydrogens (tertiary/aromatic N) is 1. The largest absolute Gasteiger partial charge is 0.350 e. The Balaban J connectivity index is 1.19. The molecule has 190 valence electrons. The van der Waals surface area contributed by atoms with Crippen molar-refractivity contribution >= 4 is 22.7 Å². The number of carbonyl (C=O) groups is 2. The predicted octanol–water partition coefficient (Wildman–Crippen LogP) is 3.49. The summed E-state index contributed by atoms with van der Waals surface area (Å²) in [6, 6.07) is 15.8. The maximum atomic E-state index is 13.2. The molecule has 0 bridgehead atoms. The number of para-hydroxylation sites is 1. The molecule has 1 saturated heterocycles. The Hall–Kier alpha value is -3.16. The van der Waals surface area contributed by atoms with Crippen molar-refractivity contribution in [3.8, 4) is 0 Å². The average Bonchev–Trinajstić information content (AvgIpc) is 3.68. The van der Waals surface area contributed by atoms with Gasteiger partial charge in [0.1, 0.15) is 11.7 Å². The fourth-order valence-electron chi connectivity index (χ4n) is 5.02. The molecule has 5 rings (SSSR count). The lowest BCUT2D eigenvalue weighted by Gasteiger charge is -2.27. The summed E-state index contributed by atoms with van der Waals surface area (Å²) in [5.41, 5.74) is 4.71. The molecule has 1 atom stereocenters. The highest BCUT2D eigenvalue weighted by Gasteiger charge is 2.27. The van der Waals surface area contributed by atoms with Gasteiger partial charge in [-0.1, -0.05) is 55.3 Å². The summed E-state index contributed by atoms with van der Waals surface area (Å²) in [6.07, 6.45) is 4.07. The van der Waals surface area contributed by atoms with Gasteiger partial charge in [0, 0.05) is 50.2 Å². The minimum absolute atomic E-state index is 0.123. The van der Waals surface area contributed by atoms with Gasteiger partial charge in [0.25, 0.3) is 5.91 Å². The van der Waals surface area contributed by atoms with Crippen molar-refractivity contribution < 1.29 is 9.59 Å². The maximum absolute atomic E-state index is 13.2. The van der Waals surface area contributed by atoms with Crippen molar-refractivity contribution in [2.24, 2.45) is 5.92 Å². The molecule has 2 amide bonds. The van der Waals surface area contributed by atoms with E-state index in [0.29, 0.717) is 24.6 Å². The molecule has 7 nitrogen and oxygen atoms in total. The molecule has 0 radical (unpaired) electrons. The maximum Gasteiger partial charge on any atom is 0.268 e. The third-order valence-corrected chi connectivity index (χ3v) is 7.48. The lowest BCUT2D eigenvalue weighted by molar-refractivity contribution is -0.123. The van der Waals surface area contributed by atoms with Gasteiger partial charge >= 0.3 is 0 Å². The Bertz CT molecular complexity index is 1190. The second-order valence-corrected chi connectivity index (χ2v) is 10.3. The summed E-state index contributed by atoms with van der Waals surface area (Å²) in [5.74, 6) is 0.342. The summed E-state index contributed by atoms with van der Waals surface area (Å²) in [6.45, 7) is 7.59. The van der Waals surface area contributed by atoms with Crippen LogP contribution in [-0.2, 0) is 17.9 Å². The molecule has 2 aromatic carbocycles. The van der Waals surface area contributed by atoms with Crippen LogP contribution in [0.25, 0.3) is 10.9 Å². The number of carbonyl (C=O) groups excluding carboxylic acids is 2. The van der Waals surface area contributed by atoms with Crippen LogP contribution in [0.2, 0.25) is 0 Å². The Morgan fingerprint density at radius 1 is 1.03 bits per heavy atom. The SMILES string of the molecule is Cc1c(C(=O)NC(CCC2CC2)C(=O)NCc2ccc(CN3CCNCC3)cc2)[nH]c2ccccc12. The van der Waals surface area contributed by atoms with Crippen LogP contribution in [-0.4, -0.2) is 53.9 Å². The number of aromatic amines is 1. The molecular formula is C29H37N5O2. The monoisotopic (exact) mass is 487 g/mol. The number of nitrogens with one attached hydrogen (secondary N) is 4. The van der Waals surface area contributed by atoms with Crippen LogP contribution in [0.4, 0.5) is 0 Å². The third-order valence-electron chi connectivity index (χ3n) is 7.48. The molecule has 3 aromatic rings. The van der Waals surface area contributed by atoms with Gasteiger partial charge in [-0.3, -0.25) is 14.5 Å². The molecule has 1 saturated carbocycles. The molecular weight excluding hydrogens is 450 g/mol. The van der Waals surface area contributed by atoms with Gasteiger partial charge in [0.2, 0.25) is 5.91 Å². The van der Waals surface area contributed by atoms with Crippen molar-refractivity contribution in [2.75, 3.05) is 26.2 Å². The summed E-state index contributed by atoms with van der Waals surface area (Å²) in [7, 11) is 0. The lowest BCUT2D eigenvalue weighted by atomic mass is 10.1. The molecule has 4 N–H and O–H groups in total. The van der Waals surface area contributed by atoms with E-state index in [4.69, 9.17) is 0 Å². The first-order valence-electron chi connectivity index (χ1n) is 13.2. The van der Waals surface area contributed by atoms with Crippen LogP contribution < -0.4 is 16.0 Å². The number of hydrogen-bond acceptors (Lipinski definition) is 4. The minimum atomic E-state index is -0.545. The first-order chi connectivity index (χ1) is 17.6. The molecule has 2 heterocycles. The molecule has 1 aromatic heterocycles. The smallest absolute Gasteiger partial charge is 0.268 e. The van der Waals surface area contributed by atoms with Gasteiger partial charge in [-0.2, -0.15) is 0 Å². The van der Waals surface area contributed by atoms with E-state index in [0.717, 1.165) is 61.2 Å². The van der Waals surface area contributed by atoms with Crippen LogP contribution in [0.3, 0.4) is 0 Å². The summed E-state index contributed by atoms with van der Waals surface area (Å²) < 4.78 is 0. The number of hydrogen-bond donors (Lipinski definition) is 4. The number of rotatable bonds is 10. The Morgan fingerprint density at radius 3 is 2.47 bits per heavy atom. The van der Waals surface area contributed by atoms with E-state index < -0.39 is 6.04 Å². The van der Waals surface area contributed by atoms with E-state index in [1.807, 2.05) is 31.2 Å². The number of amides is 2. The number of aryl methyl sites for hydroxylation is 1. The van der Waals surface area contributed by atoms with Gasteiger partial charge < -0.3 is 20.9 Å². The zero-order chi connectivity index (χ0) is 24.9. The highest BCUT2D eigenvalue weighted by molar-refractivity contribution is 6.02. The fourth-order valence-corrected chi connectivity index (χ4v) is 5.02. The van der Waals surface area contributed by atoms with Gasteiger partial charge in [-0.05, 0) is 48.4 Å². The molecule has 36 heavy (non-hydrogen) atoms. The predicted molar refractivity (Wildman–Crippen MR) is 143 cm³/mol. The Kier molecular flexibility index (Phi) is 7.68. The number of fused-ring (bicyclic) bond motifs is 1. The molecule has 1 aliphatic heterocycles. The Morgan fingerprint density at radius 2 is 1.75 bits per heavy atom. The van der Waals surface area contributed by atoms with Crippen LogP contribution >= 0.6 is 0 Å². The first kappa shape index (κ1) is 24.5. The highest BCUT2D eigenvalue weighted by atomic mass is 16.2. The van der Waals surface area contributed by atoms with E-state index >= 15 is 0 Å². The van der Waals surface area contributed by atoms with E-state index in [-0.39, 0.29) is 11.8 Å². The second-order valence-electron chi connectivity index (χ2n) is 10.3. The standard InChI is InChI=1S/C29H37N5O2/c1-20-24-4-2-3-5-25(24)32-27(20)29(36)33-26(13-12-21-6-7-21)28(35)31-18-22-8-10-23(11-9-22)19-34-16-14-30-15-17-34/h2-5,8-11,21,26,30,32H,6-7,12-19H2,1H3,(H,31,35)(H,33,36). The summed E-state index contributed by atoms with van der Waals surface area (Å²) in [4.78, 5) is 32.0. The molecule has 0 spiro atoms. The van der Waals surface area contributed by atoms with Crippen LogP contribution in [0, 0.1) is 12.8 Å². The molecule has 1 unspecified atom stereocenters. The van der Waals surface area contributed by atoms with Crippen molar-refractivity contribution in [3.05, 3.63) is 70.9 Å². The highest BCUT2D eigenvalue weighted by Crippen LogP contribution is 2.34. The zero-order valence-corrected chi connectivity index (χ0v) is 21.1. The quantitative estimate of drug-likeness (QED) is 0.353. The summed E-state index contributed by atoms with van der Waals surface area (Å²) >= 11 is 0. The van der Waals surface area contributed by atoms with E-state index in [1.54, 1.807) is 0 Å². The number of H-pyrrole nitrogens is 1. The van der Waals surface area contributed by atoms with E-state index in [2.05, 4.69) is 50.1 Å². The van der Waals surface area contributed by atoms with Crippen LogP contribution in [0.1, 0.15) is 52.9 Å². The number of benzene rings is 2. The van der Waals surface area contributed by atoms with Gasteiger partial charge in [0.05, 0.1) is 0 Å². The van der Waals surface area contributed by atoms with Crippen molar-refractivity contribution in [1.82, 2.24) is 25.8 Å². The minimum Gasteiger partial charge on any atom is -0.350 e. The average molecular weight is 488 g/mol. The van der Waals surface area contributed by atoms with E-state index in [9.17, 15) is 9.59 Å². The van der Waals surface area contributed by atoms with Crippen LogP contribution in [0.15, 0.2) is 48.5 Å². The molecule has 2 fully saturated rings. The normalized spacial score (nSPS) is 17.1.